The topological polar surface area (TPSA) is 55.4 Å². The lowest BCUT2D eigenvalue weighted by Gasteiger charge is -2.03. The summed E-state index contributed by atoms with van der Waals surface area (Å²) < 4.78 is 13.9. The van der Waals surface area contributed by atoms with Gasteiger partial charge in [0, 0.05) is 6.42 Å². The minimum atomic E-state index is -0.445. The largest absolute Gasteiger partial charge is 0.384 e. The molecule has 0 aliphatic rings. The van der Waals surface area contributed by atoms with Crippen LogP contribution in [-0.4, -0.2) is 11.6 Å². The molecule has 4 heteroatoms. The average Bonchev–Trinajstić information content (AvgIpc) is 2.53. The summed E-state index contributed by atoms with van der Waals surface area (Å²) in [5.41, 5.74) is 9.02. The van der Waals surface area contributed by atoms with Gasteiger partial charge in [0.15, 0.2) is 0 Å². The molecule has 0 spiro atoms. The van der Waals surface area contributed by atoms with Crippen molar-refractivity contribution < 1.29 is 9.18 Å². The van der Waals surface area contributed by atoms with Crippen LogP contribution in [0.1, 0.15) is 39.7 Å². The number of halogens is 1. The van der Waals surface area contributed by atoms with E-state index in [1.807, 2.05) is 25.2 Å². The number of rotatable bonds is 7. The Morgan fingerprint density at radius 3 is 2.50 bits per heavy atom. The van der Waals surface area contributed by atoms with E-state index in [0.717, 1.165) is 12.0 Å². The van der Waals surface area contributed by atoms with E-state index in [1.54, 1.807) is 18.2 Å². The number of hydrogen-bond donors (Lipinski definition) is 1. The van der Waals surface area contributed by atoms with Gasteiger partial charge in [0.1, 0.15) is 17.4 Å². The Kier molecular flexibility index (Phi) is 7.83. The van der Waals surface area contributed by atoms with Gasteiger partial charge in [0.05, 0.1) is 5.69 Å². The molecule has 0 radical (unpaired) electrons. The van der Waals surface area contributed by atoms with Crippen molar-refractivity contribution in [3.05, 3.63) is 65.0 Å². The third kappa shape index (κ3) is 6.32. The maximum atomic E-state index is 13.9. The van der Waals surface area contributed by atoms with Crippen molar-refractivity contribution in [2.75, 3.05) is 0 Å². The van der Waals surface area contributed by atoms with Crippen LogP contribution in [0.4, 0.5) is 10.1 Å². The number of carbonyl (C=O) groups is 1. The Bertz CT molecular complexity index is 712. The Balaban J connectivity index is 2.99. The van der Waals surface area contributed by atoms with Gasteiger partial charge < -0.3 is 5.73 Å². The smallest absolute Gasteiger partial charge is 0.134 e. The predicted octanol–water partition coefficient (Wildman–Crippen LogP) is 4.80. The molecule has 0 fully saturated rings. The molecule has 0 aliphatic heterocycles. The van der Waals surface area contributed by atoms with Crippen molar-refractivity contribution in [1.29, 1.82) is 0 Å². The normalized spacial score (nSPS) is 13.6. The highest BCUT2D eigenvalue weighted by molar-refractivity contribution is 5.93. The van der Waals surface area contributed by atoms with Crippen LogP contribution in [0.15, 0.2) is 58.6 Å². The molecule has 0 aliphatic carbocycles. The molecule has 1 aromatic rings. The minimum absolute atomic E-state index is 0.0813. The monoisotopic (exact) mass is 328 g/mol. The Hall–Kier alpha value is -2.49. The second kappa shape index (κ2) is 9.60. The zero-order chi connectivity index (χ0) is 18.1. The average molecular weight is 328 g/mol. The number of carbonyl (C=O) groups excluding carboxylic acids is 1. The van der Waals surface area contributed by atoms with Gasteiger partial charge in [0.25, 0.3) is 0 Å². The van der Waals surface area contributed by atoms with Gasteiger partial charge in [-0.2, -0.15) is 0 Å². The number of nitrogens with zero attached hydrogens (tertiary/aromatic N) is 1. The quantitative estimate of drug-likeness (QED) is 0.444. The molecule has 0 bridgehead atoms. The van der Waals surface area contributed by atoms with Crippen molar-refractivity contribution >= 4 is 17.3 Å². The van der Waals surface area contributed by atoms with E-state index in [2.05, 4.69) is 18.8 Å². The molecule has 1 rings (SSSR count). The van der Waals surface area contributed by atoms with E-state index in [9.17, 15) is 9.18 Å². The van der Waals surface area contributed by atoms with Gasteiger partial charge in [-0.25, -0.2) is 9.38 Å². The van der Waals surface area contributed by atoms with Crippen LogP contribution in [0.5, 0.6) is 0 Å². The lowest BCUT2D eigenvalue weighted by Crippen LogP contribution is -2.07. The third-order valence-electron chi connectivity index (χ3n) is 3.54. The van der Waals surface area contributed by atoms with Gasteiger partial charge in [0.2, 0.25) is 0 Å². The number of hydrogen-bond acceptors (Lipinski definition) is 2. The molecule has 0 saturated heterocycles. The van der Waals surface area contributed by atoms with E-state index in [-0.39, 0.29) is 12.2 Å². The lowest BCUT2D eigenvalue weighted by molar-refractivity contribution is -0.116. The summed E-state index contributed by atoms with van der Waals surface area (Å²) in [6, 6.07) is 4.51. The van der Waals surface area contributed by atoms with Crippen LogP contribution >= 0.6 is 0 Å². The van der Waals surface area contributed by atoms with Gasteiger partial charge >= 0.3 is 0 Å². The molecule has 0 heterocycles. The SMILES string of the molecule is C\C=C/C(/C=C/C(N)=Nc1ccc(CC(C)=O)c(F)c1)=C(/C)CC. The van der Waals surface area contributed by atoms with Crippen molar-refractivity contribution in [3.63, 3.8) is 0 Å². The molecular weight excluding hydrogens is 303 g/mol. The number of Topliss-reactive ketones (excluding diaryl/α,β-unsaturated/α-hetero) is 1. The van der Waals surface area contributed by atoms with Crippen molar-refractivity contribution in [2.24, 2.45) is 10.7 Å². The van der Waals surface area contributed by atoms with Crippen molar-refractivity contribution in [1.82, 2.24) is 0 Å². The highest BCUT2D eigenvalue weighted by atomic mass is 19.1. The summed E-state index contributed by atoms with van der Waals surface area (Å²) in [7, 11) is 0. The summed E-state index contributed by atoms with van der Waals surface area (Å²) >= 11 is 0. The molecule has 0 unspecified atom stereocenters. The second-order valence-electron chi connectivity index (χ2n) is 5.61. The number of amidine groups is 1. The van der Waals surface area contributed by atoms with Crippen LogP contribution in [0, 0.1) is 5.82 Å². The highest BCUT2D eigenvalue weighted by Crippen LogP contribution is 2.18. The summed E-state index contributed by atoms with van der Waals surface area (Å²) in [4.78, 5) is 15.3. The number of benzene rings is 1. The molecule has 1 aromatic carbocycles. The zero-order valence-electron chi connectivity index (χ0n) is 14.8. The van der Waals surface area contributed by atoms with Crippen LogP contribution < -0.4 is 5.73 Å². The van der Waals surface area contributed by atoms with Gasteiger partial charge in [-0.3, -0.25) is 4.79 Å². The molecule has 0 aromatic heterocycles. The molecular formula is C20H25FN2O. The Morgan fingerprint density at radius 2 is 1.96 bits per heavy atom. The molecule has 2 N–H and O–H groups in total. The molecule has 128 valence electrons. The lowest BCUT2D eigenvalue weighted by atomic mass is 10.1. The fourth-order valence-corrected chi connectivity index (χ4v) is 2.10. The fourth-order valence-electron chi connectivity index (χ4n) is 2.10. The number of ketones is 1. The molecule has 0 amide bonds. The first-order valence-corrected chi connectivity index (χ1v) is 7.99. The predicted molar refractivity (Wildman–Crippen MR) is 99.0 cm³/mol. The van der Waals surface area contributed by atoms with E-state index in [4.69, 9.17) is 5.73 Å². The van der Waals surface area contributed by atoms with Gasteiger partial charge in [-0.15, -0.1) is 0 Å². The van der Waals surface area contributed by atoms with Crippen molar-refractivity contribution in [2.45, 2.75) is 40.5 Å². The van der Waals surface area contributed by atoms with Crippen LogP contribution in [0.25, 0.3) is 0 Å². The van der Waals surface area contributed by atoms with Gasteiger partial charge in [-0.05, 0) is 56.5 Å². The maximum Gasteiger partial charge on any atom is 0.134 e. The minimum Gasteiger partial charge on any atom is -0.384 e. The van der Waals surface area contributed by atoms with E-state index >= 15 is 0 Å². The summed E-state index contributed by atoms with van der Waals surface area (Å²) in [5.74, 6) is -0.235. The maximum absolute atomic E-state index is 13.9. The second-order valence-corrected chi connectivity index (χ2v) is 5.61. The molecule has 3 nitrogen and oxygen atoms in total. The Morgan fingerprint density at radius 1 is 1.25 bits per heavy atom. The molecule has 0 atom stereocenters. The third-order valence-corrected chi connectivity index (χ3v) is 3.54. The van der Waals surface area contributed by atoms with Crippen LogP contribution in [-0.2, 0) is 11.2 Å². The fraction of sp³-hybridized carbons (Fsp3) is 0.300. The van der Waals surface area contributed by atoms with E-state index in [1.165, 1.54) is 18.6 Å². The standard InChI is InChI=1S/C20H25FN2O/c1-5-7-16(14(3)6-2)9-11-20(22)23-18-10-8-17(12-15(4)24)19(21)13-18/h5,7-11,13H,6,12H2,1-4H3,(H2,22,23)/b7-5-,11-9+,16-14+. The summed E-state index contributed by atoms with van der Waals surface area (Å²) in [6.07, 6.45) is 8.62. The van der Waals surface area contributed by atoms with Crippen molar-refractivity contribution in [3.8, 4) is 0 Å². The molecule has 24 heavy (non-hydrogen) atoms. The summed E-state index contributed by atoms with van der Waals surface area (Å²) in [5, 5.41) is 0. The molecule has 0 saturated carbocycles. The number of aliphatic imine (C=N–C) groups is 1. The zero-order valence-corrected chi connectivity index (χ0v) is 14.8. The first-order chi connectivity index (χ1) is 11.4. The number of allylic oxidation sites excluding steroid dienone is 5. The first-order valence-electron chi connectivity index (χ1n) is 7.99. The highest BCUT2D eigenvalue weighted by Gasteiger charge is 2.05. The number of nitrogens with two attached hydrogens (primary N) is 1. The first kappa shape index (κ1) is 19.6. The van der Waals surface area contributed by atoms with Crippen LogP contribution in [0.3, 0.4) is 0 Å². The van der Waals surface area contributed by atoms with E-state index < -0.39 is 5.82 Å². The van der Waals surface area contributed by atoms with Gasteiger partial charge in [-0.1, -0.05) is 36.8 Å². The Labute approximate surface area is 143 Å². The van der Waals surface area contributed by atoms with E-state index in [0.29, 0.717) is 17.1 Å². The van der Waals surface area contributed by atoms with Crippen LogP contribution in [0.2, 0.25) is 0 Å². The summed E-state index contributed by atoms with van der Waals surface area (Å²) in [6.45, 7) is 7.55.